The van der Waals surface area contributed by atoms with Gasteiger partial charge in [0.1, 0.15) is 12.2 Å². The second kappa shape index (κ2) is 5.02. The van der Waals surface area contributed by atoms with Crippen molar-refractivity contribution >= 4 is 28.6 Å². The summed E-state index contributed by atoms with van der Waals surface area (Å²) in [6.45, 7) is -1.03. The molecule has 1 heterocycles. The lowest BCUT2D eigenvalue weighted by Gasteiger charge is -2.12. The Bertz CT molecular complexity index is 449. The first-order valence-electron chi connectivity index (χ1n) is 3.98. The summed E-state index contributed by atoms with van der Waals surface area (Å²) in [5.74, 6) is -2.77. The maximum atomic E-state index is 12.4. The van der Waals surface area contributed by atoms with Crippen LogP contribution in [-0.4, -0.2) is 22.4 Å². The summed E-state index contributed by atoms with van der Waals surface area (Å²) in [6, 6.07) is 0. The molecule has 0 unspecified atom stereocenters. The van der Waals surface area contributed by atoms with E-state index >= 15 is 0 Å². The zero-order valence-electron chi connectivity index (χ0n) is 7.89. The van der Waals surface area contributed by atoms with Gasteiger partial charge in [0.25, 0.3) is 0 Å². The number of carbonyl (C=O) groups is 1. The van der Waals surface area contributed by atoms with Crippen molar-refractivity contribution < 1.29 is 32.2 Å². The minimum Gasteiger partial charge on any atom is -0.477 e. The summed E-state index contributed by atoms with van der Waals surface area (Å²) >= 11 is 1.43. The van der Waals surface area contributed by atoms with Gasteiger partial charge in [-0.3, -0.25) is 0 Å². The van der Waals surface area contributed by atoms with Crippen molar-refractivity contribution in [2.75, 3.05) is 0 Å². The first kappa shape index (κ1) is 13.9. The molecule has 0 amide bonds. The number of aromatic nitrogens is 1. The van der Waals surface area contributed by atoms with Crippen molar-refractivity contribution in [3.8, 4) is 5.88 Å². The van der Waals surface area contributed by atoms with Gasteiger partial charge in [-0.1, -0.05) is 0 Å². The van der Waals surface area contributed by atoms with Gasteiger partial charge in [0.2, 0.25) is 5.88 Å². The summed E-state index contributed by atoms with van der Waals surface area (Å²) in [4.78, 5) is 13.9. The molecular formula is C8H4F4INO3. The lowest BCUT2D eigenvalue weighted by molar-refractivity contribution is -0.276. The van der Waals surface area contributed by atoms with Gasteiger partial charge in [-0.25, -0.2) is 14.2 Å². The number of pyridine rings is 1. The maximum Gasteiger partial charge on any atom is 0.574 e. The largest absolute Gasteiger partial charge is 0.574 e. The lowest BCUT2D eigenvalue weighted by atomic mass is 10.2. The molecule has 4 nitrogen and oxygen atoms in total. The van der Waals surface area contributed by atoms with E-state index in [0.717, 1.165) is 6.20 Å². The van der Waals surface area contributed by atoms with Crippen LogP contribution in [0.1, 0.15) is 15.9 Å². The van der Waals surface area contributed by atoms with Crippen LogP contribution in [0.3, 0.4) is 0 Å². The maximum absolute atomic E-state index is 12.4. The number of hydrogen-bond donors (Lipinski definition) is 1. The second-order valence-electron chi connectivity index (χ2n) is 2.76. The zero-order valence-corrected chi connectivity index (χ0v) is 10.0. The van der Waals surface area contributed by atoms with E-state index in [1.807, 2.05) is 0 Å². The average Bonchev–Trinajstić information content (AvgIpc) is 2.14. The lowest BCUT2D eigenvalue weighted by Crippen LogP contribution is -2.21. The molecule has 0 spiro atoms. The van der Waals surface area contributed by atoms with Gasteiger partial charge in [-0.2, -0.15) is 0 Å². The summed E-state index contributed by atoms with van der Waals surface area (Å²) in [6.07, 6.45) is -4.26. The molecule has 0 saturated heterocycles. The Morgan fingerprint density at radius 3 is 2.53 bits per heavy atom. The van der Waals surface area contributed by atoms with Crippen LogP contribution in [0.25, 0.3) is 0 Å². The van der Waals surface area contributed by atoms with Gasteiger partial charge in [0, 0.05) is 15.3 Å². The standard InChI is InChI=1S/C8H4F4INO3/c9-1-3-2-14-6(17-8(10,11)12)4(5(3)13)7(15)16/h2H,1H2,(H,15,16). The SMILES string of the molecule is O=C(O)c1c(OC(F)(F)F)ncc(CF)c1I. The molecule has 0 saturated carbocycles. The average molecular weight is 365 g/mol. The molecule has 0 aromatic carbocycles. The first-order chi connectivity index (χ1) is 7.76. The van der Waals surface area contributed by atoms with Crippen LogP contribution in [-0.2, 0) is 6.67 Å². The van der Waals surface area contributed by atoms with Crippen LogP contribution in [0.4, 0.5) is 17.6 Å². The number of rotatable bonds is 3. The predicted octanol–water partition coefficient (Wildman–Crippen LogP) is 2.75. The third-order valence-electron chi connectivity index (χ3n) is 1.62. The number of carboxylic acids is 1. The minimum absolute atomic E-state index is 0.113. The summed E-state index contributed by atoms with van der Waals surface area (Å²) < 4.78 is 51.6. The van der Waals surface area contributed by atoms with E-state index in [1.165, 1.54) is 22.6 Å². The Morgan fingerprint density at radius 2 is 2.12 bits per heavy atom. The molecular weight excluding hydrogens is 361 g/mol. The number of halogens is 5. The van der Waals surface area contributed by atoms with Crippen molar-refractivity contribution in [2.45, 2.75) is 13.0 Å². The van der Waals surface area contributed by atoms with Crippen molar-refractivity contribution in [3.05, 3.63) is 20.9 Å². The molecule has 0 aliphatic heterocycles. The van der Waals surface area contributed by atoms with Crippen molar-refractivity contribution in [2.24, 2.45) is 0 Å². The second-order valence-corrected chi connectivity index (χ2v) is 3.84. The van der Waals surface area contributed by atoms with Gasteiger partial charge in [0.15, 0.2) is 0 Å². The number of carboxylic acid groups (broad SMARTS) is 1. The highest BCUT2D eigenvalue weighted by Crippen LogP contribution is 2.29. The van der Waals surface area contributed by atoms with Gasteiger partial charge < -0.3 is 9.84 Å². The molecule has 0 aliphatic carbocycles. The monoisotopic (exact) mass is 365 g/mol. The van der Waals surface area contributed by atoms with E-state index < -0.39 is 30.4 Å². The van der Waals surface area contributed by atoms with Gasteiger partial charge in [0.05, 0.1) is 0 Å². The topological polar surface area (TPSA) is 59.4 Å². The molecule has 1 N–H and O–H groups in total. The van der Waals surface area contributed by atoms with Crippen LogP contribution in [0.15, 0.2) is 6.20 Å². The Balaban J connectivity index is 3.32. The Hall–Kier alpha value is -1.13. The first-order valence-corrected chi connectivity index (χ1v) is 5.06. The van der Waals surface area contributed by atoms with Gasteiger partial charge in [-0.15, -0.1) is 13.2 Å². The third-order valence-corrected chi connectivity index (χ3v) is 2.86. The highest BCUT2D eigenvalue weighted by Gasteiger charge is 2.35. The molecule has 1 aromatic heterocycles. The number of hydrogen-bond acceptors (Lipinski definition) is 3. The molecule has 17 heavy (non-hydrogen) atoms. The Kier molecular flexibility index (Phi) is 4.11. The predicted molar refractivity (Wildman–Crippen MR) is 55.4 cm³/mol. The van der Waals surface area contributed by atoms with Crippen LogP contribution in [0.5, 0.6) is 5.88 Å². The van der Waals surface area contributed by atoms with E-state index in [-0.39, 0.29) is 9.13 Å². The normalized spacial score (nSPS) is 11.4. The van der Waals surface area contributed by atoms with E-state index in [2.05, 4.69) is 9.72 Å². The molecule has 0 aliphatic rings. The smallest absolute Gasteiger partial charge is 0.477 e. The molecule has 0 radical (unpaired) electrons. The summed E-state index contributed by atoms with van der Waals surface area (Å²) in [5.41, 5.74) is -0.921. The van der Waals surface area contributed by atoms with Gasteiger partial charge >= 0.3 is 12.3 Å². The van der Waals surface area contributed by atoms with Crippen molar-refractivity contribution in [1.82, 2.24) is 4.98 Å². The molecule has 9 heteroatoms. The van der Waals surface area contributed by atoms with E-state index in [1.54, 1.807) is 0 Å². The fourth-order valence-electron chi connectivity index (χ4n) is 0.978. The van der Waals surface area contributed by atoms with Crippen LogP contribution >= 0.6 is 22.6 Å². The molecule has 1 aromatic rings. The highest BCUT2D eigenvalue weighted by atomic mass is 127. The molecule has 94 valence electrons. The molecule has 1 rings (SSSR count). The summed E-state index contributed by atoms with van der Waals surface area (Å²) in [5, 5.41) is 8.75. The number of alkyl halides is 4. The van der Waals surface area contributed by atoms with Crippen molar-refractivity contribution in [1.29, 1.82) is 0 Å². The highest BCUT2D eigenvalue weighted by molar-refractivity contribution is 14.1. The molecule has 0 fully saturated rings. The van der Waals surface area contributed by atoms with E-state index in [9.17, 15) is 22.4 Å². The van der Waals surface area contributed by atoms with Crippen molar-refractivity contribution in [3.63, 3.8) is 0 Å². The summed E-state index contributed by atoms with van der Waals surface area (Å²) in [7, 11) is 0. The number of aromatic carboxylic acids is 1. The zero-order chi connectivity index (χ0) is 13.2. The molecule has 0 bridgehead atoms. The fourth-order valence-corrected chi connectivity index (χ4v) is 1.72. The molecule has 0 atom stereocenters. The van der Waals surface area contributed by atoms with Gasteiger partial charge in [-0.05, 0) is 22.6 Å². The number of nitrogens with zero attached hydrogens (tertiary/aromatic N) is 1. The Labute approximate surface area is 106 Å². The Morgan fingerprint density at radius 1 is 1.53 bits per heavy atom. The van der Waals surface area contributed by atoms with E-state index in [4.69, 9.17) is 5.11 Å². The third kappa shape index (κ3) is 3.41. The van der Waals surface area contributed by atoms with Crippen LogP contribution in [0.2, 0.25) is 0 Å². The minimum atomic E-state index is -5.06. The fraction of sp³-hybridized carbons (Fsp3) is 0.250. The van der Waals surface area contributed by atoms with Crippen LogP contribution < -0.4 is 4.74 Å². The van der Waals surface area contributed by atoms with E-state index in [0.29, 0.717) is 0 Å². The number of ether oxygens (including phenoxy) is 1. The quantitative estimate of drug-likeness (QED) is 0.661. The van der Waals surface area contributed by atoms with Crippen LogP contribution in [0, 0.1) is 3.57 Å².